The van der Waals surface area contributed by atoms with Gasteiger partial charge in [0.25, 0.3) is 0 Å². The first-order chi connectivity index (χ1) is 10.2. The molecule has 0 amide bonds. The molecular formula is C17H23NO3. The number of oxime groups is 1. The van der Waals surface area contributed by atoms with Crippen LogP contribution >= 0.6 is 0 Å². The Balaban J connectivity index is 1.73. The molecule has 3 atom stereocenters. The molecule has 4 heteroatoms. The molecule has 3 unspecified atom stereocenters. The van der Waals surface area contributed by atoms with Crippen molar-refractivity contribution in [1.29, 1.82) is 0 Å². The maximum atomic E-state index is 9.01. The minimum absolute atomic E-state index is 0.556. The Morgan fingerprint density at radius 2 is 2.19 bits per heavy atom. The molecule has 2 aliphatic carbocycles. The minimum Gasteiger partial charge on any atom is -0.497 e. The summed E-state index contributed by atoms with van der Waals surface area (Å²) in [5.41, 5.74) is 1.38. The molecule has 1 N–H and O–H groups in total. The van der Waals surface area contributed by atoms with E-state index in [9.17, 15) is 0 Å². The number of ether oxygens (including phenoxy) is 2. The van der Waals surface area contributed by atoms with Crippen molar-refractivity contribution in [3.8, 4) is 11.5 Å². The Kier molecular flexibility index (Phi) is 4.04. The molecule has 0 radical (unpaired) electrons. The highest BCUT2D eigenvalue weighted by atomic mass is 16.5. The van der Waals surface area contributed by atoms with Crippen molar-refractivity contribution in [2.75, 3.05) is 13.7 Å². The third kappa shape index (κ3) is 2.85. The molecule has 2 bridgehead atoms. The predicted octanol–water partition coefficient (Wildman–Crippen LogP) is 3.71. The van der Waals surface area contributed by atoms with Gasteiger partial charge in [-0.15, -0.1) is 0 Å². The van der Waals surface area contributed by atoms with Gasteiger partial charge in [0.05, 0.1) is 19.4 Å². The molecule has 0 spiro atoms. The Morgan fingerprint density at radius 3 is 2.81 bits per heavy atom. The maximum absolute atomic E-state index is 9.01. The summed E-state index contributed by atoms with van der Waals surface area (Å²) in [6.45, 7) is 2.52. The first-order valence-corrected chi connectivity index (χ1v) is 7.71. The van der Waals surface area contributed by atoms with Crippen molar-refractivity contribution in [2.24, 2.45) is 22.9 Å². The largest absolute Gasteiger partial charge is 0.497 e. The molecule has 2 aliphatic rings. The van der Waals surface area contributed by atoms with E-state index in [-0.39, 0.29) is 0 Å². The molecule has 114 valence electrons. The summed E-state index contributed by atoms with van der Waals surface area (Å²) < 4.78 is 11.3. The molecule has 1 aromatic rings. The van der Waals surface area contributed by atoms with E-state index in [1.165, 1.54) is 25.7 Å². The standard InChI is InChI=1S/C17H23NO3/c1-11(18-19)16-6-5-15(20-2)9-17(16)21-10-14-8-12-3-4-13(14)7-12/h5-6,9,12-14,19H,3-4,7-8,10H2,1-2H3/b18-11+. The lowest BCUT2D eigenvalue weighted by atomic mass is 9.89. The van der Waals surface area contributed by atoms with E-state index in [0.29, 0.717) is 11.6 Å². The van der Waals surface area contributed by atoms with Gasteiger partial charge >= 0.3 is 0 Å². The topological polar surface area (TPSA) is 51.0 Å². The van der Waals surface area contributed by atoms with Gasteiger partial charge in [-0.3, -0.25) is 0 Å². The van der Waals surface area contributed by atoms with E-state index in [4.69, 9.17) is 14.7 Å². The molecule has 0 aliphatic heterocycles. The van der Waals surface area contributed by atoms with Crippen molar-refractivity contribution in [1.82, 2.24) is 0 Å². The van der Waals surface area contributed by atoms with Gasteiger partial charge < -0.3 is 14.7 Å². The molecule has 4 nitrogen and oxygen atoms in total. The second kappa shape index (κ2) is 5.96. The first-order valence-electron chi connectivity index (χ1n) is 7.71. The number of hydrogen-bond acceptors (Lipinski definition) is 4. The van der Waals surface area contributed by atoms with Crippen LogP contribution in [0.4, 0.5) is 0 Å². The minimum atomic E-state index is 0.556. The third-order valence-corrected chi connectivity index (χ3v) is 5.07. The van der Waals surface area contributed by atoms with Crippen molar-refractivity contribution in [3.63, 3.8) is 0 Å². The first kappa shape index (κ1) is 14.2. The van der Waals surface area contributed by atoms with Crippen LogP contribution in [-0.4, -0.2) is 24.6 Å². The SMILES string of the molecule is COc1ccc(/C(C)=N/O)c(OCC2CC3CCC2C3)c1. The number of fused-ring (bicyclic) bond motifs is 2. The third-order valence-electron chi connectivity index (χ3n) is 5.07. The van der Waals surface area contributed by atoms with Gasteiger partial charge in [0.1, 0.15) is 11.5 Å². The fourth-order valence-corrected chi connectivity index (χ4v) is 3.88. The molecule has 2 fully saturated rings. The van der Waals surface area contributed by atoms with Gasteiger partial charge in [0, 0.05) is 11.6 Å². The molecule has 21 heavy (non-hydrogen) atoms. The van der Waals surface area contributed by atoms with E-state index >= 15 is 0 Å². The van der Waals surface area contributed by atoms with Crippen molar-refractivity contribution in [3.05, 3.63) is 23.8 Å². The zero-order chi connectivity index (χ0) is 14.8. The van der Waals surface area contributed by atoms with Gasteiger partial charge in [-0.05, 0) is 56.1 Å². The molecule has 1 aromatic carbocycles. The highest BCUT2D eigenvalue weighted by molar-refractivity contribution is 6.00. The van der Waals surface area contributed by atoms with Crippen LogP contribution in [0.2, 0.25) is 0 Å². The van der Waals surface area contributed by atoms with E-state index in [1.807, 2.05) is 18.2 Å². The Morgan fingerprint density at radius 1 is 1.33 bits per heavy atom. The second-order valence-corrected chi connectivity index (χ2v) is 6.29. The summed E-state index contributed by atoms with van der Waals surface area (Å²) >= 11 is 0. The van der Waals surface area contributed by atoms with Gasteiger partial charge in [0.15, 0.2) is 0 Å². The summed E-state index contributed by atoms with van der Waals surface area (Å²) in [6.07, 6.45) is 5.45. The monoisotopic (exact) mass is 289 g/mol. The van der Waals surface area contributed by atoms with Gasteiger partial charge in [-0.2, -0.15) is 0 Å². The van der Waals surface area contributed by atoms with E-state index in [0.717, 1.165) is 35.5 Å². The lowest BCUT2D eigenvalue weighted by molar-refractivity contribution is 0.194. The average Bonchev–Trinajstić information content (AvgIpc) is 3.14. The number of benzene rings is 1. The molecule has 3 rings (SSSR count). The van der Waals surface area contributed by atoms with Crippen molar-refractivity contribution >= 4 is 5.71 Å². The normalized spacial score (nSPS) is 27.9. The molecule has 0 aromatic heterocycles. The lowest BCUT2D eigenvalue weighted by Gasteiger charge is -2.22. The van der Waals surface area contributed by atoms with Crippen LogP contribution in [0.25, 0.3) is 0 Å². The summed E-state index contributed by atoms with van der Waals surface area (Å²) in [5, 5.41) is 12.3. The molecule has 2 saturated carbocycles. The number of hydrogen-bond donors (Lipinski definition) is 1. The fraction of sp³-hybridized carbons (Fsp3) is 0.588. The molecule has 0 saturated heterocycles. The van der Waals surface area contributed by atoms with Crippen LogP contribution in [-0.2, 0) is 0 Å². The summed E-state index contributed by atoms with van der Waals surface area (Å²) in [4.78, 5) is 0. The zero-order valence-electron chi connectivity index (χ0n) is 12.7. The number of rotatable bonds is 5. The van der Waals surface area contributed by atoms with Gasteiger partial charge in [-0.1, -0.05) is 11.6 Å². The van der Waals surface area contributed by atoms with E-state index in [1.54, 1.807) is 14.0 Å². The number of methoxy groups -OCH3 is 1. The second-order valence-electron chi connectivity index (χ2n) is 6.29. The predicted molar refractivity (Wildman–Crippen MR) is 81.4 cm³/mol. The van der Waals surface area contributed by atoms with Crippen LogP contribution < -0.4 is 9.47 Å². The summed E-state index contributed by atoms with van der Waals surface area (Å²) in [5.74, 6) is 3.94. The fourth-order valence-electron chi connectivity index (χ4n) is 3.88. The van der Waals surface area contributed by atoms with E-state index in [2.05, 4.69) is 5.16 Å². The van der Waals surface area contributed by atoms with Crippen LogP contribution in [0.5, 0.6) is 11.5 Å². The smallest absolute Gasteiger partial charge is 0.132 e. The zero-order valence-corrected chi connectivity index (χ0v) is 12.7. The number of nitrogens with zero attached hydrogens (tertiary/aromatic N) is 1. The van der Waals surface area contributed by atoms with Crippen LogP contribution in [0.1, 0.15) is 38.2 Å². The summed E-state index contributed by atoms with van der Waals surface area (Å²) in [7, 11) is 1.64. The highest BCUT2D eigenvalue weighted by Crippen LogP contribution is 2.48. The van der Waals surface area contributed by atoms with Crippen LogP contribution in [0.3, 0.4) is 0 Å². The average molecular weight is 289 g/mol. The summed E-state index contributed by atoms with van der Waals surface area (Å²) in [6, 6.07) is 5.61. The van der Waals surface area contributed by atoms with Crippen molar-refractivity contribution in [2.45, 2.75) is 32.6 Å². The highest BCUT2D eigenvalue weighted by Gasteiger charge is 2.39. The molecular weight excluding hydrogens is 266 g/mol. The Bertz CT molecular complexity index is 541. The quantitative estimate of drug-likeness (QED) is 0.511. The van der Waals surface area contributed by atoms with Crippen LogP contribution in [0, 0.1) is 17.8 Å². The van der Waals surface area contributed by atoms with Crippen molar-refractivity contribution < 1.29 is 14.7 Å². The Labute approximate surface area is 125 Å². The maximum Gasteiger partial charge on any atom is 0.132 e. The molecule has 0 heterocycles. The lowest BCUT2D eigenvalue weighted by Crippen LogP contribution is -2.19. The van der Waals surface area contributed by atoms with Crippen LogP contribution in [0.15, 0.2) is 23.4 Å². The van der Waals surface area contributed by atoms with Gasteiger partial charge in [-0.25, -0.2) is 0 Å². The van der Waals surface area contributed by atoms with Gasteiger partial charge in [0.2, 0.25) is 0 Å². The van der Waals surface area contributed by atoms with E-state index < -0.39 is 0 Å². The Hall–Kier alpha value is -1.71.